The lowest BCUT2D eigenvalue weighted by atomic mass is 10.2. The van der Waals surface area contributed by atoms with Crippen LogP contribution < -0.4 is 14.8 Å². The van der Waals surface area contributed by atoms with Gasteiger partial charge < -0.3 is 14.8 Å². The molecule has 0 spiro atoms. The number of allylic oxidation sites excluding steroid dienone is 1. The number of carbonyl (C=O) groups is 2. The van der Waals surface area contributed by atoms with Crippen molar-refractivity contribution in [3.63, 3.8) is 0 Å². The van der Waals surface area contributed by atoms with E-state index in [9.17, 15) is 9.59 Å². The molecule has 5 nitrogen and oxygen atoms in total. The van der Waals surface area contributed by atoms with Gasteiger partial charge in [0.05, 0.1) is 5.69 Å². The molecule has 18 heavy (non-hydrogen) atoms. The summed E-state index contributed by atoms with van der Waals surface area (Å²) in [5.74, 6) is 0.256. The van der Waals surface area contributed by atoms with E-state index >= 15 is 0 Å². The molecule has 0 radical (unpaired) electrons. The highest BCUT2D eigenvalue weighted by Gasteiger charge is 2.16. The zero-order chi connectivity index (χ0) is 13.1. The first-order chi connectivity index (χ1) is 8.54. The number of carbonyl (C=O) groups excluding carboxylic acids is 2. The van der Waals surface area contributed by atoms with Crippen LogP contribution in [0.25, 0.3) is 0 Å². The number of rotatable bonds is 2. The molecule has 1 aliphatic rings. The number of hydrogen-bond acceptors (Lipinski definition) is 4. The van der Waals surface area contributed by atoms with Gasteiger partial charge in [0.1, 0.15) is 11.5 Å². The predicted octanol–water partition coefficient (Wildman–Crippen LogP) is 1.89. The normalized spacial score (nSPS) is 12.9. The smallest absolute Gasteiger partial charge is 0.336 e. The second kappa shape index (κ2) is 4.91. The van der Waals surface area contributed by atoms with Crippen molar-refractivity contribution in [1.82, 2.24) is 0 Å². The maximum absolute atomic E-state index is 11.4. The second-order valence-electron chi connectivity index (χ2n) is 4.14. The summed E-state index contributed by atoms with van der Waals surface area (Å²) in [6, 6.07) is 4.83. The number of amides is 1. The Labute approximate surface area is 104 Å². The zero-order valence-electron chi connectivity index (χ0n) is 10.1. The van der Waals surface area contributed by atoms with E-state index in [-0.39, 0.29) is 12.5 Å². The maximum atomic E-state index is 11.4. The van der Waals surface area contributed by atoms with Crippen LogP contribution in [0.4, 0.5) is 5.69 Å². The number of anilines is 1. The molecule has 1 aromatic carbocycles. The molecule has 1 heterocycles. The highest BCUT2D eigenvalue weighted by Crippen LogP contribution is 2.31. The molecular weight excluding hydrogens is 234 g/mol. The minimum atomic E-state index is -0.446. The van der Waals surface area contributed by atoms with Crippen molar-refractivity contribution in [3.8, 4) is 11.5 Å². The first-order valence-electron chi connectivity index (χ1n) is 5.48. The van der Waals surface area contributed by atoms with Crippen LogP contribution in [0.5, 0.6) is 11.5 Å². The zero-order valence-corrected chi connectivity index (χ0v) is 10.1. The van der Waals surface area contributed by atoms with Gasteiger partial charge in [0.2, 0.25) is 0 Å². The summed E-state index contributed by atoms with van der Waals surface area (Å²) in [5, 5.41) is 2.64. The van der Waals surface area contributed by atoms with Gasteiger partial charge in [0.25, 0.3) is 5.91 Å². The van der Waals surface area contributed by atoms with Crippen molar-refractivity contribution in [2.75, 3.05) is 11.9 Å². The van der Waals surface area contributed by atoms with Crippen molar-refractivity contribution in [3.05, 3.63) is 29.8 Å². The Kier molecular flexibility index (Phi) is 3.32. The third-order valence-corrected chi connectivity index (χ3v) is 2.21. The second-order valence-corrected chi connectivity index (χ2v) is 4.14. The summed E-state index contributed by atoms with van der Waals surface area (Å²) in [5.41, 5.74) is 1.36. The first-order valence-corrected chi connectivity index (χ1v) is 5.48. The number of hydrogen-bond donors (Lipinski definition) is 1. The van der Waals surface area contributed by atoms with Gasteiger partial charge in [-0.2, -0.15) is 0 Å². The first kappa shape index (κ1) is 12.2. The molecule has 5 heteroatoms. The minimum Gasteiger partial charge on any atom is -0.482 e. The Hall–Kier alpha value is -2.30. The summed E-state index contributed by atoms with van der Waals surface area (Å²) in [4.78, 5) is 22.6. The Morgan fingerprint density at radius 1 is 1.44 bits per heavy atom. The van der Waals surface area contributed by atoms with E-state index < -0.39 is 5.97 Å². The van der Waals surface area contributed by atoms with Crippen LogP contribution in [-0.4, -0.2) is 18.5 Å². The van der Waals surface area contributed by atoms with E-state index in [4.69, 9.17) is 9.47 Å². The molecule has 0 bridgehead atoms. The predicted molar refractivity (Wildman–Crippen MR) is 65.6 cm³/mol. The fourth-order valence-corrected chi connectivity index (χ4v) is 1.51. The van der Waals surface area contributed by atoms with Crippen LogP contribution in [0.1, 0.15) is 13.8 Å². The lowest BCUT2D eigenvalue weighted by molar-refractivity contribution is -0.129. The maximum Gasteiger partial charge on any atom is 0.336 e. The number of esters is 1. The summed E-state index contributed by atoms with van der Waals surface area (Å²) in [6.45, 7) is 3.62. The number of benzene rings is 1. The molecular formula is C13H13NO4. The molecule has 1 N–H and O–H groups in total. The lowest BCUT2D eigenvalue weighted by Crippen LogP contribution is -2.25. The molecule has 0 aliphatic carbocycles. The van der Waals surface area contributed by atoms with Crippen molar-refractivity contribution in [1.29, 1.82) is 0 Å². The van der Waals surface area contributed by atoms with E-state index in [0.29, 0.717) is 17.2 Å². The third kappa shape index (κ3) is 2.88. The molecule has 1 aromatic rings. The molecule has 0 fully saturated rings. The van der Waals surface area contributed by atoms with Crippen molar-refractivity contribution >= 4 is 17.6 Å². The van der Waals surface area contributed by atoms with Crippen LogP contribution in [0.15, 0.2) is 29.8 Å². The largest absolute Gasteiger partial charge is 0.482 e. The van der Waals surface area contributed by atoms with Crippen LogP contribution in [0.2, 0.25) is 0 Å². The number of ether oxygens (including phenoxy) is 2. The lowest BCUT2D eigenvalue weighted by Gasteiger charge is -2.18. The highest BCUT2D eigenvalue weighted by atomic mass is 16.5. The van der Waals surface area contributed by atoms with Crippen LogP contribution >= 0.6 is 0 Å². The molecule has 0 atom stereocenters. The van der Waals surface area contributed by atoms with Gasteiger partial charge in [-0.15, -0.1) is 0 Å². The number of nitrogens with one attached hydrogen (secondary N) is 1. The van der Waals surface area contributed by atoms with E-state index in [2.05, 4.69) is 5.32 Å². The molecule has 0 saturated carbocycles. The Morgan fingerprint density at radius 2 is 2.22 bits per heavy atom. The molecule has 94 valence electrons. The average Bonchev–Trinajstić information content (AvgIpc) is 2.27. The average molecular weight is 247 g/mol. The van der Waals surface area contributed by atoms with E-state index in [1.165, 1.54) is 6.08 Å². The molecule has 1 amide bonds. The summed E-state index contributed by atoms with van der Waals surface area (Å²) in [7, 11) is 0. The van der Waals surface area contributed by atoms with Gasteiger partial charge >= 0.3 is 5.97 Å². The number of fused-ring (bicyclic) bond motifs is 1. The molecule has 0 unspecified atom stereocenters. The van der Waals surface area contributed by atoms with Crippen molar-refractivity contribution in [2.24, 2.45) is 0 Å². The fraction of sp³-hybridized carbons (Fsp3) is 0.231. The van der Waals surface area contributed by atoms with Crippen LogP contribution in [-0.2, 0) is 9.59 Å². The Balaban J connectivity index is 2.16. The van der Waals surface area contributed by atoms with Crippen LogP contribution in [0.3, 0.4) is 0 Å². The van der Waals surface area contributed by atoms with Gasteiger partial charge in [0.15, 0.2) is 6.61 Å². The van der Waals surface area contributed by atoms with Crippen molar-refractivity contribution < 1.29 is 19.1 Å². The Bertz CT molecular complexity index is 530. The minimum absolute atomic E-state index is 0.00387. The molecule has 0 saturated heterocycles. The highest BCUT2D eigenvalue weighted by molar-refractivity contribution is 5.95. The SMILES string of the molecule is CC(C)=CC(=O)Oc1ccc2c(c1)NC(=O)CO2. The summed E-state index contributed by atoms with van der Waals surface area (Å²) in [6.07, 6.45) is 1.40. The molecule has 1 aliphatic heterocycles. The summed E-state index contributed by atoms with van der Waals surface area (Å²) >= 11 is 0. The Morgan fingerprint density at radius 3 is 2.94 bits per heavy atom. The van der Waals surface area contributed by atoms with Gasteiger partial charge in [-0.05, 0) is 26.0 Å². The standard InChI is InChI=1S/C13H13NO4/c1-8(2)5-13(16)18-9-3-4-11-10(6-9)14-12(15)7-17-11/h3-6H,7H2,1-2H3,(H,14,15). The van der Waals surface area contributed by atoms with E-state index in [1.807, 2.05) is 13.8 Å². The monoisotopic (exact) mass is 247 g/mol. The van der Waals surface area contributed by atoms with Gasteiger partial charge in [0, 0.05) is 12.1 Å². The quantitative estimate of drug-likeness (QED) is 0.492. The summed E-state index contributed by atoms with van der Waals surface area (Å²) < 4.78 is 10.3. The fourth-order valence-electron chi connectivity index (χ4n) is 1.51. The topological polar surface area (TPSA) is 64.6 Å². The molecule has 2 rings (SSSR count). The van der Waals surface area contributed by atoms with E-state index in [0.717, 1.165) is 5.57 Å². The van der Waals surface area contributed by atoms with Crippen LogP contribution in [0, 0.1) is 0 Å². The van der Waals surface area contributed by atoms with Gasteiger partial charge in [-0.25, -0.2) is 4.79 Å². The third-order valence-electron chi connectivity index (χ3n) is 2.21. The van der Waals surface area contributed by atoms with Crippen molar-refractivity contribution in [2.45, 2.75) is 13.8 Å². The molecule has 0 aromatic heterocycles. The van der Waals surface area contributed by atoms with Gasteiger partial charge in [-0.1, -0.05) is 5.57 Å². The van der Waals surface area contributed by atoms with Gasteiger partial charge in [-0.3, -0.25) is 4.79 Å². The van der Waals surface area contributed by atoms with E-state index in [1.54, 1.807) is 18.2 Å².